The lowest BCUT2D eigenvalue weighted by Gasteiger charge is -2.13. The summed E-state index contributed by atoms with van der Waals surface area (Å²) < 4.78 is 25.8. The quantitative estimate of drug-likeness (QED) is 0.629. The van der Waals surface area contributed by atoms with Crippen molar-refractivity contribution in [2.24, 2.45) is 0 Å². The van der Waals surface area contributed by atoms with E-state index in [0.717, 1.165) is 21.5 Å². The molecule has 0 aliphatic heterocycles. The van der Waals surface area contributed by atoms with Crippen LogP contribution in [-0.4, -0.2) is 0 Å². The monoisotopic (exact) mass is 424 g/mol. The van der Waals surface area contributed by atoms with Crippen molar-refractivity contribution in [1.29, 1.82) is 0 Å². The van der Waals surface area contributed by atoms with E-state index in [4.69, 9.17) is 9.15 Å². The van der Waals surface area contributed by atoms with Crippen molar-refractivity contribution < 1.29 is 26.0 Å². The fourth-order valence-electron chi connectivity index (χ4n) is 2.33. The zero-order chi connectivity index (χ0) is 16.8. The molecule has 25 heavy (non-hydrogen) atoms. The van der Waals surface area contributed by atoms with Gasteiger partial charge in [0.1, 0.15) is 23.9 Å². The Bertz CT molecular complexity index is 796. The highest BCUT2D eigenvalue weighted by Crippen LogP contribution is 2.24. The molecule has 0 unspecified atom stereocenters. The molecule has 1 aromatic heterocycles. The third-order valence-electron chi connectivity index (χ3n) is 3.56. The lowest BCUT2D eigenvalue weighted by Crippen LogP contribution is -3.00. The highest BCUT2D eigenvalue weighted by atomic mass is 79.9. The summed E-state index contributed by atoms with van der Waals surface area (Å²) in [5.41, 5.74) is 1.53. The van der Waals surface area contributed by atoms with Gasteiger partial charge in [0.25, 0.3) is 0 Å². The van der Waals surface area contributed by atoms with Crippen LogP contribution < -0.4 is 22.5 Å². The molecule has 2 aromatic carbocycles. The molecule has 0 amide bonds. The Morgan fingerprint density at radius 1 is 1.00 bits per heavy atom. The van der Waals surface area contributed by atoms with Crippen molar-refractivity contribution in [3.8, 4) is 5.75 Å². The van der Waals surface area contributed by atoms with Crippen LogP contribution in [0.2, 0.25) is 0 Å². The lowest BCUT2D eigenvalue weighted by molar-refractivity contribution is -0.00000620. The maximum absolute atomic E-state index is 13.7. The van der Waals surface area contributed by atoms with Gasteiger partial charge in [-0.05, 0) is 36.4 Å². The van der Waals surface area contributed by atoms with Gasteiger partial charge in [0.05, 0.1) is 12.8 Å². The van der Waals surface area contributed by atoms with E-state index in [1.807, 2.05) is 30.3 Å². The van der Waals surface area contributed by atoms with Crippen LogP contribution in [0.4, 0.5) is 4.39 Å². The van der Waals surface area contributed by atoms with E-state index in [1.54, 1.807) is 24.5 Å². The Hall–Kier alpha value is -1.82. The van der Waals surface area contributed by atoms with E-state index in [1.165, 1.54) is 6.07 Å². The van der Waals surface area contributed by atoms with Crippen molar-refractivity contribution in [3.63, 3.8) is 0 Å². The Morgan fingerprint density at radius 3 is 2.60 bits per heavy atom. The summed E-state index contributed by atoms with van der Waals surface area (Å²) >= 11 is 3.47. The molecule has 0 radical (unpaired) electrons. The summed E-state index contributed by atoms with van der Waals surface area (Å²) in [5.74, 6) is 1.35. The van der Waals surface area contributed by atoms with Crippen LogP contribution in [0.3, 0.4) is 0 Å². The van der Waals surface area contributed by atoms with Crippen LogP contribution in [0.15, 0.2) is 69.8 Å². The molecule has 0 aliphatic rings. The first-order valence-electron chi connectivity index (χ1n) is 7.60. The van der Waals surface area contributed by atoms with Gasteiger partial charge in [-0.2, -0.15) is 0 Å². The molecule has 3 aromatic rings. The molecule has 1 N–H and O–H groups in total. The number of ether oxygens (including phenoxy) is 1. The predicted octanol–water partition coefficient (Wildman–Crippen LogP) is 2.05. The smallest absolute Gasteiger partial charge is 0.129 e. The SMILES string of the molecule is Fc1ccccc1COc1ccc(Br)cc1CNCc1ccco1.[Cl-]. The zero-order valence-corrected chi connectivity index (χ0v) is 15.7. The van der Waals surface area contributed by atoms with E-state index >= 15 is 0 Å². The van der Waals surface area contributed by atoms with Crippen LogP contribution >= 0.6 is 15.9 Å². The second kappa shape index (κ2) is 9.61. The van der Waals surface area contributed by atoms with Gasteiger partial charge in [-0.25, -0.2) is 4.39 Å². The molecule has 0 saturated carbocycles. The van der Waals surface area contributed by atoms with Crippen LogP contribution in [0.25, 0.3) is 0 Å². The number of hydrogen-bond acceptors (Lipinski definition) is 3. The minimum Gasteiger partial charge on any atom is -1.00 e. The number of hydrogen-bond donors (Lipinski definition) is 1. The molecule has 132 valence electrons. The van der Waals surface area contributed by atoms with Gasteiger partial charge >= 0.3 is 0 Å². The zero-order valence-electron chi connectivity index (χ0n) is 13.3. The van der Waals surface area contributed by atoms with Gasteiger partial charge in [-0.15, -0.1) is 0 Å². The Kier molecular flexibility index (Phi) is 7.50. The molecular formula is C19H17BrClFNO2-. The fourth-order valence-corrected chi connectivity index (χ4v) is 2.74. The van der Waals surface area contributed by atoms with Crippen LogP contribution in [-0.2, 0) is 19.7 Å². The summed E-state index contributed by atoms with van der Waals surface area (Å²) in [6.07, 6.45) is 1.65. The molecule has 0 spiro atoms. The van der Waals surface area contributed by atoms with Gasteiger partial charge in [-0.3, -0.25) is 0 Å². The number of rotatable bonds is 7. The van der Waals surface area contributed by atoms with Crippen LogP contribution in [0, 0.1) is 5.82 Å². The maximum Gasteiger partial charge on any atom is 0.129 e. The van der Waals surface area contributed by atoms with Crippen molar-refractivity contribution in [2.75, 3.05) is 0 Å². The van der Waals surface area contributed by atoms with Gasteiger partial charge < -0.3 is 26.9 Å². The summed E-state index contributed by atoms with van der Waals surface area (Å²) in [6.45, 7) is 1.44. The molecule has 0 atom stereocenters. The average molecular weight is 426 g/mol. The first-order chi connectivity index (χ1) is 11.7. The van der Waals surface area contributed by atoms with Crippen molar-refractivity contribution in [1.82, 2.24) is 5.32 Å². The summed E-state index contributed by atoms with van der Waals surface area (Å²) in [4.78, 5) is 0. The van der Waals surface area contributed by atoms with Crippen LogP contribution in [0.5, 0.6) is 5.75 Å². The second-order valence-electron chi connectivity index (χ2n) is 5.32. The van der Waals surface area contributed by atoms with Crippen molar-refractivity contribution >= 4 is 15.9 Å². The fraction of sp³-hybridized carbons (Fsp3) is 0.158. The number of benzene rings is 2. The molecule has 0 fully saturated rings. The van der Waals surface area contributed by atoms with E-state index in [9.17, 15) is 4.39 Å². The first-order valence-corrected chi connectivity index (χ1v) is 8.39. The lowest BCUT2D eigenvalue weighted by atomic mass is 10.2. The van der Waals surface area contributed by atoms with E-state index in [-0.39, 0.29) is 24.8 Å². The van der Waals surface area contributed by atoms with Crippen molar-refractivity contribution in [3.05, 3.63) is 88.0 Å². The number of nitrogens with one attached hydrogen (secondary N) is 1. The Morgan fingerprint density at radius 2 is 1.84 bits per heavy atom. The van der Waals surface area contributed by atoms with Gasteiger partial charge in [0, 0.05) is 22.1 Å². The summed E-state index contributed by atoms with van der Waals surface area (Å²) in [6, 6.07) is 16.2. The largest absolute Gasteiger partial charge is 1.00 e. The maximum atomic E-state index is 13.7. The minimum atomic E-state index is -0.257. The van der Waals surface area contributed by atoms with E-state index in [2.05, 4.69) is 21.2 Å². The molecule has 0 aliphatic carbocycles. The third-order valence-corrected chi connectivity index (χ3v) is 4.05. The topological polar surface area (TPSA) is 34.4 Å². The number of furan rings is 1. The molecule has 6 heteroatoms. The number of halogens is 3. The van der Waals surface area contributed by atoms with Crippen LogP contribution in [0.1, 0.15) is 16.9 Å². The van der Waals surface area contributed by atoms with E-state index < -0.39 is 0 Å². The third kappa shape index (κ3) is 5.59. The minimum absolute atomic E-state index is 0. The van der Waals surface area contributed by atoms with Gasteiger partial charge in [0.15, 0.2) is 0 Å². The van der Waals surface area contributed by atoms with Gasteiger partial charge in [0.2, 0.25) is 0 Å². The highest BCUT2D eigenvalue weighted by Gasteiger charge is 2.07. The van der Waals surface area contributed by atoms with Gasteiger partial charge in [-0.1, -0.05) is 34.1 Å². The normalized spacial score (nSPS) is 10.3. The van der Waals surface area contributed by atoms with Crippen molar-refractivity contribution in [2.45, 2.75) is 19.7 Å². The van der Waals surface area contributed by atoms with E-state index in [0.29, 0.717) is 18.7 Å². The average Bonchev–Trinajstić information content (AvgIpc) is 3.09. The molecule has 0 saturated heterocycles. The molecule has 3 nitrogen and oxygen atoms in total. The molecule has 1 heterocycles. The Labute approximate surface area is 160 Å². The predicted molar refractivity (Wildman–Crippen MR) is 94.1 cm³/mol. The second-order valence-corrected chi connectivity index (χ2v) is 6.23. The summed E-state index contributed by atoms with van der Waals surface area (Å²) in [5, 5.41) is 3.31. The first kappa shape index (κ1) is 19.5. The summed E-state index contributed by atoms with van der Waals surface area (Å²) in [7, 11) is 0. The molecule has 0 bridgehead atoms. The molecular weight excluding hydrogens is 409 g/mol. The molecule has 3 rings (SSSR count). The highest BCUT2D eigenvalue weighted by molar-refractivity contribution is 9.10. The Balaban J connectivity index is 0.00000225. The standard InChI is InChI=1S/C19H17BrFNO2.ClH/c20-16-7-8-19(24-13-14-4-1-2-6-18(14)21)15(10-16)11-22-12-17-5-3-9-23-17;/h1-10,22H,11-13H2;1H/p-1.